The van der Waals surface area contributed by atoms with Crippen molar-refractivity contribution in [2.45, 2.75) is 6.61 Å². The molecule has 0 aliphatic carbocycles. The zero-order chi connectivity index (χ0) is 12.8. The van der Waals surface area contributed by atoms with Crippen LogP contribution in [0.5, 0.6) is 0 Å². The lowest BCUT2D eigenvalue weighted by Crippen LogP contribution is -2.49. The van der Waals surface area contributed by atoms with Crippen LogP contribution in [0.4, 0.5) is 0 Å². The van der Waals surface area contributed by atoms with E-state index in [0.717, 1.165) is 12.1 Å². The first kappa shape index (κ1) is 12.6. The summed E-state index contributed by atoms with van der Waals surface area (Å²) in [5.74, 6) is -0.424. The molecule has 1 aliphatic rings. The van der Waals surface area contributed by atoms with Gasteiger partial charge in [0, 0.05) is 13.1 Å². The van der Waals surface area contributed by atoms with Crippen LogP contribution in [-0.4, -0.2) is 43.0 Å². The van der Waals surface area contributed by atoms with Gasteiger partial charge in [-0.15, -0.1) is 0 Å². The summed E-state index contributed by atoms with van der Waals surface area (Å²) in [6.07, 6.45) is 0. The molecule has 5 heteroatoms. The number of rotatable bonds is 4. The number of nitrogens with zero attached hydrogens (tertiary/aromatic N) is 1. The maximum atomic E-state index is 11.6. The molecule has 96 valence electrons. The minimum atomic E-state index is -0.367. The number of esters is 1. The van der Waals surface area contributed by atoms with E-state index in [1.165, 1.54) is 4.90 Å². The van der Waals surface area contributed by atoms with E-state index in [4.69, 9.17) is 4.74 Å². The summed E-state index contributed by atoms with van der Waals surface area (Å²) in [6.45, 7) is 1.86. The molecule has 0 unspecified atom stereocenters. The van der Waals surface area contributed by atoms with Gasteiger partial charge in [0.25, 0.3) is 0 Å². The van der Waals surface area contributed by atoms with E-state index in [0.29, 0.717) is 13.1 Å². The van der Waals surface area contributed by atoms with Gasteiger partial charge in [-0.25, -0.2) is 0 Å². The third-order valence-electron chi connectivity index (χ3n) is 2.75. The highest BCUT2D eigenvalue weighted by Gasteiger charge is 2.20. The Kier molecular flexibility index (Phi) is 4.30. The van der Waals surface area contributed by atoms with Crippen LogP contribution in [0, 0.1) is 0 Å². The van der Waals surface area contributed by atoms with Gasteiger partial charge in [0.1, 0.15) is 13.2 Å². The van der Waals surface area contributed by atoms with E-state index < -0.39 is 0 Å². The Morgan fingerprint density at radius 2 is 2.11 bits per heavy atom. The maximum absolute atomic E-state index is 11.6. The molecule has 0 radical (unpaired) electrons. The molecule has 0 saturated carbocycles. The van der Waals surface area contributed by atoms with E-state index in [-0.39, 0.29) is 25.0 Å². The Morgan fingerprint density at radius 1 is 1.33 bits per heavy atom. The fourth-order valence-electron chi connectivity index (χ4n) is 1.75. The lowest BCUT2D eigenvalue weighted by Gasteiger charge is -2.26. The molecule has 1 aliphatic heterocycles. The first-order valence-electron chi connectivity index (χ1n) is 5.94. The molecule has 1 aromatic carbocycles. The Balaban J connectivity index is 1.76. The van der Waals surface area contributed by atoms with Crippen LogP contribution in [0.25, 0.3) is 0 Å². The first-order chi connectivity index (χ1) is 8.75. The molecule has 1 N–H and O–H groups in total. The van der Waals surface area contributed by atoms with Gasteiger partial charge in [-0.2, -0.15) is 0 Å². The SMILES string of the molecule is O=C(CN1CCNCC1=O)OCc1ccccc1. The molecule has 1 heterocycles. The highest BCUT2D eigenvalue weighted by Crippen LogP contribution is 2.02. The number of hydrogen-bond donors (Lipinski definition) is 1. The van der Waals surface area contributed by atoms with E-state index in [1.807, 2.05) is 30.3 Å². The highest BCUT2D eigenvalue weighted by molar-refractivity contribution is 5.83. The lowest BCUT2D eigenvalue weighted by atomic mass is 10.2. The average Bonchev–Trinajstić information content (AvgIpc) is 2.40. The zero-order valence-corrected chi connectivity index (χ0v) is 10.1. The molecule has 1 saturated heterocycles. The predicted molar refractivity (Wildman–Crippen MR) is 65.7 cm³/mol. The summed E-state index contributed by atoms with van der Waals surface area (Å²) in [5.41, 5.74) is 0.942. The molecule has 0 aromatic heterocycles. The van der Waals surface area contributed by atoms with Gasteiger partial charge >= 0.3 is 5.97 Å². The summed E-state index contributed by atoms with van der Waals surface area (Å²) in [4.78, 5) is 24.6. The molecule has 5 nitrogen and oxygen atoms in total. The molecular formula is C13H16N2O3. The van der Waals surface area contributed by atoms with Crippen LogP contribution in [-0.2, 0) is 20.9 Å². The van der Waals surface area contributed by atoms with Crippen LogP contribution < -0.4 is 5.32 Å². The maximum Gasteiger partial charge on any atom is 0.325 e. The second-order valence-corrected chi connectivity index (χ2v) is 4.14. The summed E-state index contributed by atoms with van der Waals surface area (Å²) in [6, 6.07) is 9.48. The van der Waals surface area contributed by atoms with E-state index in [2.05, 4.69) is 5.32 Å². The molecular weight excluding hydrogens is 232 g/mol. The molecule has 0 bridgehead atoms. The normalized spacial score (nSPS) is 15.6. The smallest absolute Gasteiger partial charge is 0.325 e. The lowest BCUT2D eigenvalue weighted by molar-refractivity contribution is -0.150. The van der Waals surface area contributed by atoms with Crippen molar-refractivity contribution in [3.63, 3.8) is 0 Å². The van der Waals surface area contributed by atoms with Crippen molar-refractivity contribution < 1.29 is 14.3 Å². The fraction of sp³-hybridized carbons (Fsp3) is 0.385. The monoisotopic (exact) mass is 248 g/mol. The molecule has 1 amide bonds. The minimum absolute atomic E-state index is 0.0351. The molecule has 18 heavy (non-hydrogen) atoms. The second-order valence-electron chi connectivity index (χ2n) is 4.14. The number of ether oxygens (including phenoxy) is 1. The zero-order valence-electron chi connectivity index (χ0n) is 10.1. The second kappa shape index (κ2) is 6.16. The largest absolute Gasteiger partial charge is 0.459 e. The van der Waals surface area contributed by atoms with Crippen LogP contribution in [0.1, 0.15) is 5.56 Å². The quantitative estimate of drug-likeness (QED) is 0.771. The van der Waals surface area contributed by atoms with Gasteiger partial charge in [0.05, 0.1) is 6.54 Å². The predicted octanol–water partition coefficient (Wildman–Crippen LogP) is 0.162. The standard InChI is InChI=1S/C13H16N2O3/c16-12-8-14-6-7-15(12)9-13(17)18-10-11-4-2-1-3-5-11/h1-5,14H,6-10H2. The van der Waals surface area contributed by atoms with E-state index in [1.54, 1.807) is 0 Å². The fourth-order valence-corrected chi connectivity index (χ4v) is 1.75. The van der Waals surface area contributed by atoms with E-state index in [9.17, 15) is 9.59 Å². The molecule has 0 atom stereocenters. The number of piperazine rings is 1. The number of amides is 1. The molecule has 2 rings (SSSR count). The topological polar surface area (TPSA) is 58.6 Å². The third kappa shape index (κ3) is 3.56. The number of carbonyl (C=O) groups excluding carboxylic acids is 2. The van der Waals surface area contributed by atoms with Crippen molar-refractivity contribution >= 4 is 11.9 Å². The summed E-state index contributed by atoms with van der Waals surface area (Å²) in [7, 11) is 0. The number of hydrogen-bond acceptors (Lipinski definition) is 4. The van der Waals surface area contributed by atoms with Gasteiger partial charge in [0.2, 0.25) is 5.91 Å². The Labute approximate surface area is 106 Å². The molecule has 1 aromatic rings. The van der Waals surface area contributed by atoms with Crippen molar-refractivity contribution in [3.05, 3.63) is 35.9 Å². The van der Waals surface area contributed by atoms with Crippen molar-refractivity contribution in [2.24, 2.45) is 0 Å². The Morgan fingerprint density at radius 3 is 2.83 bits per heavy atom. The van der Waals surface area contributed by atoms with E-state index >= 15 is 0 Å². The van der Waals surface area contributed by atoms with Crippen molar-refractivity contribution in [1.82, 2.24) is 10.2 Å². The van der Waals surface area contributed by atoms with Crippen LogP contribution >= 0.6 is 0 Å². The summed E-state index contributed by atoms with van der Waals surface area (Å²) < 4.78 is 5.13. The first-order valence-corrected chi connectivity index (χ1v) is 5.94. The Bertz CT molecular complexity index is 420. The Hall–Kier alpha value is -1.88. The summed E-state index contributed by atoms with van der Waals surface area (Å²) >= 11 is 0. The van der Waals surface area contributed by atoms with Crippen molar-refractivity contribution in [1.29, 1.82) is 0 Å². The highest BCUT2D eigenvalue weighted by atomic mass is 16.5. The number of benzene rings is 1. The van der Waals surface area contributed by atoms with Gasteiger partial charge in [-0.05, 0) is 5.56 Å². The van der Waals surface area contributed by atoms with Gasteiger partial charge in [-0.1, -0.05) is 30.3 Å². The number of carbonyl (C=O) groups is 2. The van der Waals surface area contributed by atoms with Crippen molar-refractivity contribution in [3.8, 4) is 0 Å². The van der Waals surface area contributed by atoms with Gasteiger partial charge in [0.15, 0.2) is 0 Å². The van der Waals surface area contributed by atoms with Crippen LogP contribution in [0.2, 0.25) is 0 Å². The van der Waals surface area contributed by atoms with Gasteiger partial charge in [-0.3, -0.25) is 9.59 Å². The van der Waals surface area contributed by atoms with Crippen LogP contribution in [0.15, 0.2) is 30.3 Å². The van der Waals surface area contributed by atoms with Gasteiger partial charge < -0.3 is 15.0 Å². The average molecular weight is 248 g/mol. The van der Waals surface area contributed by atoms with Crippen molar-refractivity contribution in [2.75, 3.05) is 26.2 Å². The third-order valence-corrected chi connectivity index (χ3v) is 2.75. The van der Waals surface area contributed by atoms with Crippen LogP contribution in [0.3, 0.4) is 0 Å². The number of nitrogens with one attached hydrogen (secondary N) is 1. The molecule has 0 spiro atoms. The molecule has 1 fully saturated rings. The summed E-state index contributed by atoms with van der Waals surface area (Å²) in [5, 5.41) is 2.95. The minimum Gasteiger partial charge on any atom is -0.459 e.